The van der Waals surface area contributed by atoms with E-state index in [0.29, 0.717) is 27.8 Å². The Morgan fingerprint density at radius 3 is 1.51 bits per heavy atom. The number of methoxy groups -OCH3 is 2. The standard InChI is InChI=1S/C22H21F3O2.C16H20O5S.C13H16BF3O2/c1-22(2)10-4-5-18(22)16-12-14(21(26)27-3)6-8-15(16)17-11-13(20(24)25)7-9-19(17)23;1-16(2)9-5-6-13(16)12-10-11(15(17)20-3)7-8-14(12)21-22(4,18)19;1-12(2)13(3,4)19-14(18-12)9-7-8(11(16)17)5-6-10(9)15/h5-9,11-12,20H,4,10H2,1-3H3;6-8,10H,5,9H2,1-4H3;5-7,11H,1-4H3. The van der Waals surface area contributed by atoms with E-state index >= 15 is 0 Å². The van der Waals surface area contributed by atoms with E-state index in [1.54, 1.807) is 18.2 Å². The van der Waals surface area contributed by atoms with Crippen LogP contribution < -0.4 is 9.65 Å². The van der Waals surface area contributed by atoms with Crippen LogP contribution in [0.5, 0.6) is 5.75 Å². The zero-order chi connectivity index (χ0) is 50.7. The number of halogens is 6. The Morgan fingerprint density at radius 1 is 0.603 bits per heavy atom. The molecule has 0 N–H and O–H groups in total. The maximum absolute atomic E-state index is 14.5. The molecule has 2 aliphatic carbocycles. The van der Waals surface area contributed by atoms with Crippen LogP contribution in [0.3, 0.4) is 0 Å². The number of hydrogen-bond donors (Lipinski definition) is 0. The van der Waals surface area contributed by atoms with Crippen LogP contribution in [0.1, 0.15) is 137 Å². The van der Waals surface area contributed by atoms with Crippen molar-refractivity contribution in [3.63, 3.8) is 0 Å². The molecule has 17 heteroatoms. The number of carbonyl (C=O) groups is 2. The zero-order valence-corrected chi connectivity index (χ0v) is 40.8. The highest BCUT2D eigenvalue weighted by Crippen LogP contribution is 2.49. The Labute approximate surface area is 395 Å². The first-order chi connectivity index (χ1) is 31.5. The van der Waals surface area contributed by atoms with Gasteiger partial charge < -0.3 is 23.0 Å². The van der Waals surface area contributed by atoms with Crippen LogP contribution in [0.15, 0.2) is 84.9 Å². The van der Waals surface area contributed by atoms with Crippen molar-refractivity contribution in [2.75, 3.05) is 20.5 Å². The predicted octanol–water partition coefficient (Wildman–Crippen LogP) is 12.5. The van der Waals surface area contributed by atoms with Gasteiger partial charge in [0.2, 0.25) is 0 Å². The Morgan fingerprint density at radius 2 is 1.06 bits per heavy atom. The van der Waals surface area contributed by atoms with E-state index in [-0.39, 0.29) is 38.7 Å². The van der Waals surface area contributed by atoms with Gasteiger partial charge in [-0.3, -0.25) is 0 Å². The number of ether oxygens (including phenoxy) is 2. The summed E-state index contributed by atoms with van der Waals surface area (Å²) >= 11 is 0. The Balaban J connectivity index is 0.000000194. The number of allylic oxidation sites excluding steroid dienone is 4. The van der Waals surface area contributed by atoms with Crippen LogP contribution in [0.4, 0.5) is 26.3 Å². The maximum Gasteiger partial charge on any atom is 0.497 e. The molecule has 0 atom stereocenters. The number of esters is 2. The highest BCUT2D eigenvalue weighted by atomic mass is 32.2. The molecular formula is C51H57BF6O9S. The highest BCUT2D eigenvalue weighted by Gasteiger charge is 2.52. The molecule has 7 rings (SSSR count). The Bertz CT molecular complexity index is 2700. The molecular weight excluding hydrogens is 913 g/mol. The van der Waals surface area contributed by atoms with Gasteiger partial charge in [0.1, 0.15) is 17.4 Å². The molecule has 4 aromatic carbocycles. The molecule has 366 valence electrons. The smallest absolute Gasteiger partial charge is 0.465 e. The van der Waals surface area contributed by atoms with E-state index in [1.165, 1.54) is 38.5 Å². The third-order valence-corrected chi connectivity index (χ3v) is 13.2. The summed E-state index contributed by atoms with van der Waals surface area (Å²) in [5, 5.41) is 0. The second-order valence-corrected chi connectivity index (χ2v) is 20.6. The summed E-state index contributed by atoms with van der Waals surface area (Å²) in [6.45, 7) is 15.6. The largest absolute Gasteiger partial charge is 0.497 e. The highest BCUT2D eigenvalue weighted by molar-refractivity contribution is 7.86. The molecule has 0 bridgehead atoms. The van der Waals surface area contributed by atoms with Crippen molar-refractivity contribution >= 4 is 45.8 Å². The van der Waals surface area contributed by atoms with Crippen LogP contribution in [0.25, 0.3) is 22.3 Å². The molecule has 0 unspecified atom stereocenters. The summed E-state index contributed by atoms with van der Waals surface area (Å²) in [6, 6.07) is 15.9. The second kappa shape index (κ2) is 20.7. The molecule has 3 aliphatic rings. The molecule has 1 aliphatic heterocycles. The lowest BCUT2D eigenvalue weighted by atomic mass is 9.78. The summed E-state index contributed by atoms with van der Waals surface area (Å²) in [6.07, 6.45) is 3.44. The van der Waals surface area contributed by atoms with Gasteiger partial charge in [-0.15, -0.1) is 0 Å². The SMILES string of the molecule is CC1(C)OB(c2cc(C(F)F)ccc2F)OC1(C)C.COC(=O)c1ccc(-c2cc(C(F)F)ccc2F)c(C2=CCCC2(C)C)c1.COC(=O)c1ccc(OS(C)(=O)=O)c(C2=CCCC2(C)C)c1. The minimum Gasteiger partial charge on any atom is -0.465 e. The van der Waals surface area contributed by atoms with Gasteiger partial charge >= 0.3 is 29.2 Å². The number of alkyl halides is 4. The van der Waals surface area contributed by atoms with Gasteiger partial charge in [-0.1, -0.05) is 64.1 Å². The maximum atomic E-state index is 14.5. The summed E-state index contributed by atoms with van der Waals surface area (Å²) in [7, 11) is -2.02. The number of rotatable bonds is 10. The van der Waals surface area contributed by atoms with Crippen molar-refractivity contribution in [3.8, 4) is 16.9 Å². The van der Waals surface area contributed by atoms with Gasteiger partial charge in [-0.05, 0) is 135 Å². The molecule has 68 heavy (non-hydrogen) atoms. The molecule has 1 heterocycles. The molecule has 9 nitrogen and oxygen atoms in total. The monoisotopic (exact) mass is 970 g/mol. The van der Waals surface area contributed by atoms with Crippen LogP contribution >= 0.6 is 0 Å². The molecule has 0 amide bonds. The van der Waals surface area contributed by atoms with E-state index in [9.17, 15) is 44.3 Å². The Kier molecular flexibility index (Phi) is 16.3. The molecule has 1 saturated heterocycles. The van der Waals surface area contributed by atoms with E-state index < -0.39 is 64.9 Å². The lowest BCUT2D eigenvalue weighted by Crippen LogP contribution is -2.41. The normalized spacial score (nSPS) is 17.7. The fourth-order valence-electron chi connectivity index (χ4n) is 8.13. The predicted molar refractivity (Wildman–Crippen MR) is 250 cm³/mol. The fourth-order valence-corrected chi connectivity index (χ4v) is 8.60. The molecule has 1 fully saturated rings. The minimum atomic E-state index is -3.65. The van der Waals surface area contributed by atoms with Gasteiger partial charge in [-0.2, -0.15) is 8.42 Å². The van der Waals surface area contributed by atoms with Gasteiger partial charge in [0.15, 0.2) is 0 Å². The number of benzene rings is 4. The fraction of sp³-hybridized carbons (Fsp3) is 0.412. The van der Waals surface area contributed by atoms with Crippen LogP contribution in [0, 0.1) is 22.5 Å². The topological polar surface area (TPSA) is 114 Å². The average molecular weight is 971 g/mol. The van der Waals surface area contributed by atoms with E-state index in [1.807, 2.05) is 27.7 Å². The van der Waals surface area contributed by atoms with E-state index in [0.717, 1.165) is 73.4 Å². The van der Waals surface area contributed by atoms with Gasteiger partial charge in [0.25, 0.3) is 12.9 Å². The van der Waals surface area contributed by atoms with Crippen molar-refractivity contribution in [2.45, 2.75) is 105 Å². The molecule has 0 saturated carbocycles. The molecule has 0 aromatic heterocycles. The Hall–Kier alpha value is -5.39. The summed E-state index contributed by atoms with van der Waals surface area (Å²) in [4.78, 5) is 23.7. The lowest BCUT2D eigenvalue weighted by Gasteiger charge is -2.32. The summed E-state index contributed by atoms with van der Waals surface area (Å²) < 4.78 is 129. The average Bonchev–Trinajstić information content (AvgIpc) is 3.88. The first-order valence-electron chi connectivity index (χ1n) is 21.8. The van der Waals surface area contributed by atoms with Crippen LogP contribution in [0.2, 0.25) is 0 Å². The molecule has 0 radical (unpaired) electrons. The van der Waals surface area contributed by atoms with E-state index in [2.05, 4.69) is 39.8 Å². The zero-order valence-electron chi connectivity index (χ0n) is 40.0. The van der Waals surface area contributed by atoms with Crippen molar-refractivity contribution in [1.29, 1.82) is 0 Å². The minimum absolute atomic E-state index is 0.0106. The van der Waals surface area contributed by atoms with Crippen molar-refractivity contribution < 1.29 is 67.3 Å². The lowest BCUT2D eigenvalue weighted by molar-refractivity contribution is 0.00578. The summed E-state index contributed by atoms with van der Waals surface area (Å²) in [5.41, 5.74) is 2.53. The van der Waals surface area contributed by atoms with E-state index in [4.69, 9.17) is 23.0 Å². The number of carbonyl (C=O) groups excluding carboxylic acids is 2. The molecule has 4 aromatic rings. The van der Waals surface area contributed by atoms with Crippen molar-refractivity contribution in [1.82, 2.24) is 0 Å². The van der Waals surface area contributed by atoms with Gasteiger partial charge in [-0.25, -0.2) is 35.9 Å². The van der Waals surface area contributed by atoms with Crippen molar-refractivity contribution in [2.24, 2.45) is 10.8 Å². The van der Waals surface area contributed by atoms with Crippen LogP contribution in [-0.4, -0.2) is 59.2 Å². The molecule has 0 spiro atoms. The number of hydrogen-bond acceptors (Lipinski definition) is 9. The first kappa shape index (κ1) is 53.6. The third kappa shape index (κ3) is 12.2. The van der Waals surface area contributed by atoms with Crippen molar-refractivity contribution in [3.05, 3.63) is 130 Å². The van der Waals surface area contributed by atoms with Gasteiger partial charge in [0.05, 0.1) is 42.8 Å². The summed E-state index contributed by atoms with van der Waals surface area (Å²) in [5.74, 6) is -1.92. The first-order valence-corrected chi connectivity index (χ1v) is 23.6. The van der Waals surface area contributed by atoms with Gasteiger partial charge in [0, 0.05) is 27.7 Å². The third-order valence-electron chi connectivity index (χ3n) is 12.7. The van der Waals surface area contributed by atoms with Crippen LogP contribution in [-0.2, 0) is 28.9 Å². The quantitative estimate of drug-likeness (QED) is 0.0663. The second-order valence-electron chi connectivity index (χ2n) is 19.0.